The molecule has 156 valence electrons. The highest BCUT2D eigenvalue weighted by molar-refractivity contribution is 6.30. The number of amides is 1. The lowest BCUT2D eigenvalue weighted by Gasteiger charge is -2.38. The van der Waals surface area contributed by atoms with Crippen LogP contribution < -0.4 is 0 Å². The molecule has 1 fully saturated rings. The van der Waals surface area contributed by atoms with Gasteiger partial charge in [-0.2, -0.15) is 0 Å². The van der Waals surface area contributed by atoms with Crippen LogP contribution >= 0.6 is 11.6 Å². The molecule has 4 nitrogen and oxygen atoms in total. The van der Waals surface area contributed by atoms with Crippen molar-refractivity contribution >= 4 is 28.4 Å². The molecule has 1 amide bonds. The van der Waals surface area contributed by atoms with Crippen LogP contribution in [0.1, 0.15) is 42.1 Å². The van der Waals surface area contributed by atoms with Gasteiger partial charge in [-0.15, -0.1) is 0 Å². The van der Waals surface area contributed by atoms with Crippen molar-refractivity contribution in [2.45, 2.75) is 38.8 Å². The third kappa shape index (κ3) is 4.66. The van der Waals surface area contributed by atoms with E-state index in [1.807, 2.05) is 53.4 Å². The molecule has 0 saturated carbocycles. The smallest absolute Gasteiger partial charge is 0.253 e. The number of halogens is 1. The number of piperidine rings is 1. The Balaban J connectivity index is 1.44. The summed E-state index contributed by atoms with van der Waals surface area (Å²) in [7, 11) is 0. The van der Waals surface area contributed by atoms with Gasteiger partial charge in [-0.05, 0) is 50.1 Å². The Morgan fingerprint density at radius 3 is 2.53 bits per heavy atom. The fraction of sp³-hybridized carbons (Fsp3) is 0.360. The Bertz CT molecular complexity index is 1000. The summed E-state index contributed by atoms with van der Waals surface area (Å²) in [6.07, 6.45) is 3.05. The van der Waals surface area contributed by atoms with Gasteiger partial charge in [0.2, 0.25) is 0 Å². The van der Waals surface area contributed by atoms with E-state index in [1.54, 1.807) is 0 Å². The fourth-order valence-electron chi connectivity index (χ4n) is 4.34. The predicted molar refractivity (Wildman–Crippen MR) is 123 cm³/mol. The zero-order chi connectivity index (χ0) is 20.9. The summed E-state index contributed by atoms with van der Waals surface area (Å²) < 4.78 is 0. The zero-order valence-electron chi connectivity index (χ0n) is 17.4. The first-order valence-electron chi connectivity index (χ1n) is 10.8. The quantitative estimate of drug-likeness (QED) is 0.499. The van der Waals surface area contributed by atoms with Gasteiger partial charge >= 0.3 is 0 Å². The van der Waals surface area contributed by atoms with E-state index in [9.17, 15) is 4.79 Å². The predicted octanol–water partition coefficient (Wildman–Crippen LogP) is 5.41. The Morgan fingerprint density at radius 1 is 1.10 bits per heavy atom. The van der Waals surface area contributed by atoms with Gasteiger partial charge in [0.25, 0.3) is 5.91 Å². The number of aromatic nitrogens is 1. The summed E-state index contributed by atoms with van der Waals surface area (Å²) in [5.74, 6) is 0.137. The second-order valence-corrected chi connectivity index (χ2v) is 8.35. The van der Waals surface area contributed by atoms with Crippen molar-refractivity contribution in [1.82, 2.24) is 14.8 Å². The van der Waals surface area contributed by atoms with Gasteiger partial charge in [0.05, 0.1) is 5.52 Å². The highest BCUT2D eigenvalue weighted by Crippen LogP contribution is 2.25. The van der Waals surface area contributed by atoms with Crippen LogP contribution in [-0.4, -0.2) is 46.4 Å². The molecular formula is C25H28ClN3O. The number of para-hydroxylation sites is 1. The second kappa shape index (κ2) is 9.59. The van der Waals surface area contributed by atoms with Crippen molar-refractivity contribution in [3.63, 3.8) is 0 Å². The Hall–Kier alpha value is -2.43. The molecule has 1 aliphatic rings. The minimum atomic E-state index is 0.137. The molecule has 5 heteroatoms. The first-order chi connectivity index (χ1) is 14.7. The van der Waals surface area contributed by atoms with Crippen LogP contribution in [0.3, 0.4) is 0 Å². The molecule has 1 saturated heterocycles. The maximum Gasteiger partial charge on any atom is 0.253 e. The monoisotopic (exact) mass is 421 g/mol. The second-order valence-electron chi connectivity index (χ2n) is 7.99. The molecule has 3 aromatic rings. The van der Waals surface area contributed by atoms with Crippen molar-refractivity contribution in [3.8, 4) is 0 Å². The van der Waals surface area contributed by atoms with Crippen molar-refractivity contribution < 1.29 is 4.79 Å². The van der Waals surface area contributed by atoms with Gasteiger partial charge in [0.15, 0.2) is 0 Å². The molecule has 1 aliphatic heterocycles. The minimum absolute atomic E-state index is 0.137. The zero-order valence-corrected chi connectivity index (χ0v) is 18.2. The van der Waals surface area contributed by atoms with Gasteiger partial charge in [0, 0.05) is 42.2 Å². The maximum atomic E-state index is 12.7. The highest BCUT2D eigenvalue weighted by atomic mass is 35.5. The molecule has 0 bridgehead atoms. The molecule has 0 N–H and O–H groups in total. The van der Waals surface area contributed by atoms with Crippen molar-refractivity contribution in [2.75, 3.05) is 19.6 Å². The summed E-state index contributed by atoms with van der Waals surface area (Å²) in [6, 6.07) is 20.3. The van der Waals surface area contributed by atoms with E-state index in [1.165, 1.54) is 0 Å². The average molecular weight is 422 g/mol. The Morgan fingerprint density at radius 2 is 1.80 bits per heavy atom. The number of carbonyl (C=O) groups is 1. The molecular weight excluding hydrogens is 394 g/mol. The van der Waals surface area contributed by atoms with Gasteiger partial charge in [-0.1, -0.05) is 54.9 Å². The summed E-state index contributed by atoms with van der Waals surface area (Å²) in [5, 5.41) is 1.71. The molecule has 0 unspecified atom stereocenters. The van der Waals surface area contributed by atoms with E-state index in [0.29, 0.717) is 11.2 Å². The Labute approximate surface area is 183 Å². The maximum absolute atomic E-state index is 12.7. The van der Waals surface area contributed by atoms with E-state index in [2.05, 4.69) is 28.9 Å². The molecule has 0 aliphatic carbocycles. The fourth-order valence-corrected chi connectivity index (χ4v) is 4.55. The molecule has 2 heterocycles. The first kappa shape index (κ1) is 20.8. The van der Waals surface area contributed by atoms with Crippen molar-refractivity contribution in [3.05, 3.63) is 76.9 Å². The number of hydrogen-bond acceptors (Lipinski definition) is 3. The van der Waals surface area contributed by atoms with Crippen LogP contribution in [-0.2, 0) is 6.54 Å². The van der Waals surface area contributed by atoms with Gasteiger partial charge in [0.1, 0.15) is 5.15 Å². The summed E-state index contributed by atoms with van der Waals surface area (Å²) in [6.45, 7) is 5.61. The third-order valence-corrected chi connectivity index (χ3v) is 6.25. The lowest BCUT2D eigenvalue weighted by atomic mass is 10.0. The third-order valence-electron chi connectivity index (χ3n) is 5.92. The van der Waals surface area contributed by atoms with E-state index in [-0.39, 0.29) is 5.91 Å². The van der Waals surface area contributed by atoms with E-state index >= 15 is 0 Å². The largest absolute Gasteiger partial charge is 0.339 e. The number of likely N-dealkylation sites (tertiary alicyclic amines) is 1. The van der Waals surface area contributed by atoms with Crippen LogP contribution in [0.15, 0.2) is 60.7 Å². The van der Waals surface area contributed by atoms with Crippen molar-refractivity contribution in [1.29, 1.82) is 0 Å². The van der Waals surface area contributed by atoms with Crippen LogP contribution in [0.4, 0.5) is 0 Å². The van der Waals surface area contributed by atoms with E-state index < -0.39 is 0 Å². The summed E-state index contributed by atoms with van der Waals surface area (Å²) >= 11 is 6.53. The van der Waals surface area contributed by atoms with Gasteiger partial charge in [-0.3, -0.25) is 9.69 Å². The van der Waals surface area contributed by atoms with Crippen LogP contribution in [0.25, 0.3) is 10.9 Å². The van der Waals surface area contributed by atoms with E-state index in [4.69, 9.17) is 11.6 Å². The number of fused-ring (bicyclic) bond motifs is 1. The van der Waals surface area contributed by atoms with Crippen molar-refractivity contribution in [2.24, 2.45) is 0 Å². The lowest BCUT2D eigenvalue weighted by molar-refractivity contribution is 0.0607. The molecule has 30 heavy (non-hydrogen) atoms. The minimum Gasteiger partial charge on any atom is -0.339 e. The lowest BCUT2D eigenvalue weighted by Crippen LogP contribution is -2.46. The number of nitrogens with zero attached hydrogens (tertiary/aromatic N) is 3. The van der Waals surface area contributed by atoms with Gasteiger partial charge < -0.3 is 4.90 Å². The van der Waals surface area contributed by atoms with E-state index in [0.717, 1.165) is 67.5 Å². The molecule has 4 rings (SSSR count). The SMILES string of the molecule is CCCN(Cc1cc2ccccc2nc1Cl)C1CCN(C(=O)c2ccccc2)CC1. The Kier molecular flexibility index (Phi) is 6.66. The molecule has 2 aromatic carbocycles. The topological polar surface area (TPSA) is 36.4 Å². The standard InChI is InChI=1S/C25H28ClN3O/c1-2-14-29(18-21-17-20-10-6-7-11-23(20)27-24(21)26)22-12-15-28(16-13-22)25(30)19-8-4-3-5-9-19/h3-11,17,22H,2,12-16,18H2,1H3. The molecule has 1 aromatic heterocycles. The molecule has 0 radical (unpaired) electrons. The normalized spacial score (nSPS) is 15.1. The highest BCUT2D eigenvalue weighted by Gasteiger charge is 2.27. The number of carbonyl (C=O) groups excluding carboxylic acids is 1. The number of hydrogen-bond donors (Lipinski definition) is 0. The first-order valence-corrected chi connectivity index (χ1v) is 11.2. The van der Waals surface area contributed by atoms with Crippen LogP contribution in [0, 0.1) is 0 Å². The average Bonchev–Trinajstić information content (AvgIpc) is 2.79. The van der Waals surface area contributed by atoms with Crippen LogP contribution in [0.5, 0.6) is 0 Å². The number of benzene rings is 2. The summed E-state index contributed by atoms with van der Waals surface area (Å²) in [5.41, 5.74) is 2.78. The summed E-state index contributed by atoms with van der Waals surface area (Å²) in [4.78, 5) is 21.8. The van der Waals surface area contributed by atoms with Gasteiger partial charge in [-0.25, -0.2) is 4.98 Å². The number of pyridine rings is 1. The molecule has 0 spiro atoms. The molecule has 0 atom stereocenters. The van der Waals surface area contributed by atoms with Crippen LogP contribution in [0.2, 0.25) is 5.15 Å². The number of rotatable bonds is 6.